The maximum absolute atomic E-state index is 13.8. The standard InChI is InChI=1S/C10H14FN3O2/c1-16-8-2-4-12-9(13-8)14-5-3-10(11,6-14)7-15/h2,4,15H,3,5-7H2,1H3/t10-/m0/s1. The number of aromatic nitrogens is 2. The molecule has 0 bridgehead atoms. The lowest BCUT2D eigenvalue weighted by molar-refractivity contribution is 0.0909. The fourth-order valence-electron chi connectivity index (χ4n) is 1.73. The molecule has 0 amide bonds. The van der Waals surface area contributed by atoms with Gasteiger partial charge in [-0.2, -0.15) is 4.98 Å². The van der Waals surface area contributed by atoms with Gasteiger partial charge in [-0.05, 0) is 0 Å². The molecule has 16 heavy (non-hydrogen) atoms. The molecule has 1 aromatic rings. The second-order valence-corrected chi connectivity index (χ2v) is 3.88. The van der Waals surface area contributed by atoms with Gasteiger partial charge in [0.2, 0.25) is 11.8 Å². The lowest BCUT2D eigenvalue weighted by atomic mass is 10.1. The number of rotatable bonds is 3. The van der Waals surface area contributed by atoms with E-state index in [1.165, 1.54) is 7.11 Å². The predicted molar refractivity (Wildman–Crippen MR) is 56.3 cm³/mol. The minimum atomic E-state index is -1.54. The Kier molecular flexibility index (Phi) is 2.91. The number of alkyl halides is 1. The van der Waals surface area contributed by atoms with Crippen LogP contribution in [-0.2, 0) is 0 Å². The Balaban J connectivity index is 2.14. The summed E-state index contributed by atoms with van der Waals surface area (Å²) in [5, 5.41) is 8.92. The molecule has 2 rings (SSSR count). The molecule has 0 aromatic carbocycles. The van der Waals surface area contributed by atoms with Crippen LogP contribution in [0.15, 0.2) is 12.3 Å². The molecule has 0 spiro atoms. The van der Waals surface area contributed by atoms with Gasteiger partial charge in [-0.1, -0.05) is 0 Å². The highest BCUT2D eigenvalue weighted by atomic mass is 19.1. The van der Waals surface area contributed by atoms with Crippen LogP contribution in [0.2, 0.25) is 0 Å². The molecule has 0 radical (unpaired) electrons. The van der Waals surface area contributed by atoms with Crippen molar-refractivity contribution < 1.29 is 14.2 Å². The highest BCUT2D eigenvalue weighted by molar-refractivity contribution is 5.35. The molecule has 1 saturated heterocycles. The average Bonchev–Trinajstić information content (AvgIpc) is 2.73. The number of methoxy groups -OCH3 is 1. The van der Waals surface area contributed by atoms with Crippen LogP contribution in [0.4, 0.5) is 10.3 Å². The van der Waals surface area contributed by atoms with E-state index in [-0.39, 0.29) is 6.54 Å². The first-order valence-corrected chi connectivity index (χ1v) is 5.09. The van der Waals surface area contributed by atoms with E-state index in [0.717, 1.165) is 0 Å². The SMILES string of the molecule is COc1ccnc(N2CC[C@@](F)(CO)C2)n1. The quantitative estimate of drug-likeness (QED) is 0.809. The lowest BCUT2D eigenvalue weighted by Crippen LogP contribution is -2.33. The van der Waals surface area contributed by atoms with Crippen LogP contribution in [0.25, 0.3) is 0 Å². The molecule has 1 atom stereocenters. The Labute approximate surface area is 92.9 Å². The summed E-state index contributed by atoms with van der Waals surface area (Å²) in [7, 11) is 1.52. The van der Waals surface area contributed by atoms with Crippen LogP contribution in [-0.4, -0.2) is 47.5 Å². The first kappa shape index (κ1) is 11.1. The van der Waals surface area contributed by atoms with Crippen LogP contribution in [0, 0.1) is 0 Å². The number of hydrogen-bond acceptors (Lipinski definition) is 5. The highest BCUT2D eigenvalue weighted by Crippen LogP contribution is 2.27. The summed E-state index contributed by atoms with van der Waals surface area (Å²) in [5.41, 5.74) is -1.54. The molecule has 1 aliphatic heterocycles. The van der Waals surface area contributed by atoms with Crippen molar-refractivity contribution in [3.8, 4) is 5.88 Å². The molecule has 88 valence electrons. The van der Waals surface area contributed by atoms with Gasteiger partial charge >= 0.3 is 0 Å². The zero-order valence-electron chi connectivity index (χ0n) is 9.06. The van der Waals surface area contributed by atoms with Crippen molar-refractivity contribution in [2.75, 3.05) is 31.7 Å². The van der Waals surface area contributed by atoms with Gasteiger partial charge in [0.1, 0.15) is 0 Å². The van der Waals surface area contributed by atoms with Crippen LogP contribution < -0.4 is 9.64 Å². The third kappa shape index (κ3) is 2.06. The Hall–Kier alpha value is -1.43. The summed E-state index contributed by atoms with van der Waals surface area (Å²) in [6, 6.07) is 1.63. The van der Waals surface area contributed by atoms with Crippen LogP contribution in [0.5, 0.6) is 5.88 Å². The first-order chi connectivity index (χ1) is 7.67. The minimum absolute atomic E-state index is 0.122. The van der Waals surface area contributed by atoms with Gasteiger partial charge in [0.15, 0.2) is 5.67 Å². The zero-order chi connectivity index (χ0) is 11.6. The average molecular weight is 227 g/mol. The van der Waals surface area contributed by atoms with Crippen molar-refractivity contribution in [3.63, 3.8) is 0 Å². The van der Waals surface area contributed by atoms with E-state index in [1.54, 1.807) is 17.2 Å². The minimum Gasteiger partial charge on any atom is -0.481 e. The van der Waals surface area contributed by atoms with Crippen molar-refractivity contribution >= 4 is 5.95 Å². The van der Waals surface area contributed by atoms with Crippen molar-refractivity contribution in [2.45, 2.75) is 12.1 Å². The Morgan fingerprint density at radius 3 is 3.12 bits per heavy atom. The maximum Gasteiger partial charge on any atom is 0.228 e. The van der Waals surface area contributed by atoms with E-state index >= 15 is 0 Å². The molecular weight excluding hydrogens is 213 g/mol. The second kappa shape index (κ2) is 4.21. The zero-order valence-corrected chi connectivity index (χ0v) is 9.06. The Morgan fingerprint density at radius 2 is 2.50 bits per heavy atom. The van der Waals surface area contributed by atoms with E-state index in [0.29, 0.717) is 24.8 Å². The fraction of sp³-hybridized carbons (Fsp3) is 0.600. The van der Waals surface area contributed by atoms with E-state index < -0.39 is 12.3 Å². The van der Waals surface area contributed by atoms with E-state index in [2.05, 4.69) is 9.97 Å². The summed E-state index contributed by atoms with van der Waals surface area (Å²) in [5.74, 6) is 0.887. The molecule has 1 aliphatic rings. The fourth-order valence-corrected chi connectivity index (χ4v) is 1.73. The van der Waals surface area contributed by atoms with E-state index in [1.807, 2.05) is 0 Å². The summed E-state index contributed by atoms with van der Waals surface area (Å²) >= 11 is 0. The maximum atomic E-state index is 13.8. The molecule has 0 saturated carbocycles. The third-order valence-electron chi connectivity index (χ3n) is 2.70. The van der Waals surface area contributed by atoms with Gasteiger partial charge < -0.3 is 14.7 Å². The number of anilines is 1. The van der Waals surface area contributed by atoms with Crippen LogP contribution in [0.3, 0.4) is 0 Å². The monoisotopic (exact) mass is 227 g/mol. The second-order valence-electron chi connectivity index (χ2n) is 3.88. The largest absolute Gasteiger partial charge is 0.481 e. The summed E-state index contributed by atoms with van der Waals surface area (Å²) in [4.78, 5) is 9.88. The smallest absolute Gasteiger partial charge is 0.228 e. The number of hydrogen-bond donors (Lipinski definition) is 1. The molecule has 6 heteroatoms. The van der Waals surface area contributed by atoms with Crippen LogP contribution in [0.1, 0.15) is 6.42 Å². The third-order valence-corrected chi connectivity index (χ3v) is 2.70. The molecule has 1 fully saturated rings. The van der Waals surface area contributed by atoms with Crippen molar-refractivity contribution in [2.24, 2.45) is 0 Å². The highest BCUT2D eigenvalue weighted by Gasteiger charge is 2.38. The summed E-state index contributed by atoms with van der Waals surface area (Å²) in [6.45, 7) is 0.161. The number of nitrogens with zero attached hydrogens (tertiary/aromatic N) is 3. The van der Waals surface area contributed by atoms with Crippen molar-refractivity contribution in [1.29, 1.82) is 0 Å². The number of aliphatic hydroxyl groups is 1. The molecule has 1 aromatic heterocycles. The predicted octanol–water partition coefficient (Wildman–Crippen LogP) is 0.396. The molecule has 0 unspecified atom stereocenters. The Bertz CT molecular complexity index is 377. The molecule has 1 N–H and O–H groups in total. The number of halogens is 1. The van der Waals surface area contributed by atoms with Gasteiger partial charge in [0.05, 0.1) is 20.3 Å². The van der Waals surface area contributed by atoms with Crippen molar-refractivity contribution in [1.82, 2.24) is 9.97 Å². The Morgan fingerprint density at radius 1 is 1.69 bits per heavy atom. The lowest BCUT2D eigenvalue weighted by Gasteiger charge is -2.18. The molecule has 5 nitrogen and oxygen atoms in total. The summed E-state index contributed by atoms with van der Waals surface area (Å²) < 4.78 is 18.8. The number of aliphatic hydroxyl groups excluding tert-OH is 1. The van der Waals surface area contributed by atoms with Crippen LogP contribution >= 0.6 is 0 Å². The van der Waals surface area contributed by atoms with E-state index in [9.17, 15) is 4.39 Å². The first-order valence-electron chi connectivity index (χ1n) is 5.09. The van der Waals surface area contributed by atoms with Gasteiger partial charge in [-0.15, -0.1) is 0 Å². The van der Waals surface area contributed by atoms with Gasteiger partial charge in [-0.25, -0.2) is 9.37 Å². The molecule has 0 aliphatic carbocycles. The topological polar surface area (TPSA) is 58.5 Å². The van der Waals surface area contributed by atoms with Gasteiger partial charge in [-0.3, -0.25) is 0 Å². The van der Waals surface area contributed by atoms with E-state index in [4.69, 9.17) is 9.84 Å². The molecule has 2 heterocycles. The van der Waals surface area contributed by atoms with Gasteiger partial charge in [0.25, 0.3) is 0 Å². The normalized spacial score (nSPS) is 24.8. The molecular formula is C10H14FN3O2. The van der Waals surface area contributed by atoms with Gasteiger partial charge in [0, 0.05) is 25.2 Å². The summed E-state index contributed by atoms with van der Waals surface area (Å²) in [6.07, 6.45) is 1.86. The van der Waals surface area contributed by atoms with Crippen molar-refractivity contribution in [3.05, 3.63) is 12.3 Å². The number of ether oxygens (including phenoxy) is 1.